The lowest BCUT2D eigenvalue weighted by molar-refractivity contribution is 1.18. The largest absolute Gasteiger partial charge is 0.309 e. The van der Waals surface area contributed by atoms with Crippen molar-refractivity contribution >= 4 is 86.4 Å². The summed E-state index contributed by atoms with van der Waals surface area (Å²) in [4.78, 5) is 10.9. The second-order valence-corrected chi connectivity index (χ2v) is 17.3. The average molecular weight is 824 g/mol. The topological polar surface area (TPSA) is 30.7 Å². The maximum absolute atomic E-state index is 5.47. The maximum atomic E-state index is 5.47. The van der Waals surface area contributed by atoms with E-state index < -0.39 is 0 Å². The Kier molecular flexibility index (Phi) is 7.69. The summed E-state index contributed by atoms with van der Waals surface area (Å²) in [5.41, 5.74) is 10.6. The number of rotatable bonds is 5. The smallest absolute Gasteiger partial charge is 0.160 e. The minimum atomic E-state index is 0.688. The van der Waals surface area contributed by atoms with Crippen molar-refractivity contribution in [2.45, 2.75) is 0 Å². The molecule has 0 spiro atoms. The van der Waals surface area contributed by atoms with Crippen molar-refractivity contribution in [3.8, 4) is 50.7 Å². The van der Waals surface area contributed by atoms with Crippen molar-refractivity contribution in [2.24, 2.45) is 0 Å². The lowest BCUT2D eigenvalue weighted by Crippen LogP contribution is -1.97. The fourth-order valence-corrected chi connectivity index (χ4v) is 10.7. The van der Waals surface area contributed by atoms with Gasteiger partial charge in [-0.15, -0.1) is 0 Å². The van der Waals surface area contributed by atoms with Crippen LogP contribution in [0.4, 0.5) is 0 Å². The molecular formula is C62H37N3. The Labute approximate surface area is 374 Å². The fraction of sp³-hybridized carbons (Fsp3) is 0. The van der Waals surface area contributed by atoms with Gasteiger partial charge in [0.25, 0.3) is 0 Å². The summed E-state index contributed by atoms with van der Waals surface area (Å²) in [6.45, 7) is 0. The Bertz CT molecular complexity index is 4200. The first kappa shape index (κ1) is 35.9. The molecule has 14 rings (SSSR count). The van der Waals surface area contributed by atoms with E-state index in [9.17, 15) is 0 Å². The quantitative estimate of drug-likeness (QED) is 0.162. The van der Waals surface area contributed by atoms with E-state index in [0.29, 0.717) is 5.82 Å². The summed E-state index contributed by atoms with van der Waals surface area (Å²) >= 11 is 0. The molecule has 0 saturated heterocycles. The molecule has 0 fully saturated rings. The molecule has 0 aliphatic carbocycles. The Balaban J connectivity index is 1.05. The van der Waals surface area contributed by atoms with Crippen molar-refractivity contribution in [3.05, 3.63) is 224 Å². The summed E-state index contributed by atoms with van der Waals surface area (Å²) in [6, 6.07) is 81.7. The molecule has 3 nitrogen and oxygen atoms in total. The van der Waals surface area contributed by atoms with Crippen LogP contribution >= 0.6 is 0 Å². The second kappa shape index (κ2) is 13.9. The van der Waals surface area contributed by atoms with Gasteiger partial charge in [-0.1, -0.05) is 176 Å². The molecule has 0 saturated carbocycles. The molecule has 0 amide bonds. The molecular weight excluding hydrogens is 787 g/mol. The Morgan fingerprint density at radius 3 is 1.42 bits per heavy atom. The highest BCUT2D eigenvalue weighted by Gasteiger charge is 2.19. The van der Waals surface area contributed by atoms with E-state index in [0.717, 1.165) is 44.8 Å². The first-order valence-electron chi connectivity index (χ1n) is 22.3. The van der Waals surface area contributed by atoms with Crippen LogP contribution in [0.2, 0.25) is 0 Å². The highest BCUT2D eigenvalue weighted by Crippen LogP contribution is 2.45. The number of nitrogens with zero attached hydrogens (tertiary/aromatic N) is 3. The Morgan fingerprint density at radius 1 is 0.262 bits per heavy atom. The Morgan fingerprint density at radius 2 is 0.738 bits per heavy atom. The van der Waals surface area contributed by atoms with Gasteiger partial charge in [0, 0.05) is 33.2 Å². The average Bonchev–Trinajstić information content (AvgIpc) is 3.71. The van der Waals surface area contributed by atoms with Crippen molar-refractivity contribution in [2.75, 3.05) is 0 Å². The van der Waals surface area contributed by atoms with Crippen LogP contribution in [-0.2, 0) is 0 Å². The number of hydrogen-bond acceptors (Lipinski definition) is 2. The maximum Gasteiger partial charge on any atom is 0.160 e. The van der Waals surface area contributed by atoms with Crippen LogP contribution < -0.4 is 0 Å². The van der Waals surface area contributed by atoms with Gasteiger partial charge >= 0.3 is 0 Å². The van der Waals surface area contributed by atoms with E-state index >= 15 is 0 Å². The van der Waals surface area contributed by atoms with Gasteiger partial charge in [-0.3, -0.25) is 0 Å². The monoisotopic (exact) mass is 823 g/mol. The van der Waals surface area contributed by atoms with E-state index in [-0.39, 0.29) is 0 Å². The van der Waals surface area contributed by atoms with Crippen LogP contribution in [-0.4, -0.2) is 14.5 Å². The molecule has 0 aliphatic heterocycles. The fourth-order valence-electron chi connectivity index (χ4n) is 10.7. The highest BCUT2D eigenvalue weighted by atomic mass is 15.0. The second-order valence-electron chi connectivity index (χ2n) is 17.3. The molecule has 2 aromatic heterocycles. The van der Waals surface area contributed by atoms with Gasteiger partial charge in [-0.25, -0.2) is 9.97 Å². The van der Waals surface area contributed by atoms with Crippen LogP contribution in [0, 0.1) is 0 Å². The number of para-hydroxylation sites is 2. The minimum Gasteiger partial charge on any atom is -0.309 e. The zero-order valence-electron chi connectivity index (χ0n) is 35.2. The summed E-state index contributed by atoms with van der Waals surface area (Å²) in [5, 5.41) is 17.4. The van der Waals surface area contributed by atoms with Gasteiger partial charge < -0.3 is 4.57 Å². The molecule has 0 unspecified atom stereocenters. The van der Waals surface area contributed by atoms with Crippen molar-refractivity contribution < 1.29 is 0 Å². The molecule has 12 aromatic carbocycles. The van der Waals surface area contributed by atoms with Crippen molar-refractivity contribution in [1.82, 2.24) is 14.5 Å². The van der Waals surface area contributed by atoms with E-state index in [1.165, 1.54) is 86.5 Å². The van der Waals surface area contributed by atoms with E-state index in [2.05, 4.69) is 229 Å². The van der Waals surface area contributed by atoms with Gasteiger partial charge in [0.05, 0.1) is 22.4 Å². The minimum absolute atomic E-state index is 0.688. The predicted octanol–water partition coefficient (Wildman–Crippen LogP) is 16.6. The van der Waals surface area contributed by atoms with E-state index in [4.69, 9.17) is 9.97 Å². The van der Waals surface area contributed by atoms with E-state index in [1.54, 1.807) is 0 Å². The lowest BCUT2D eigenvalue weighted by atomic mass is 9.87. The first-order valence-corrected chi connectivity index (χ1v) is 22.3. The van der Waals surface area contributed by atoms with Crippen LogP contribution in [0.25, 0.3) is 137 Å². The molecule has 3 heteroatoms. The van der Waals surface area contributed by atoms with Crippen LogP contribution in [0.1, 0.15) is 0 Å². The highest BCUT2D eigenvalue weighted by molar-refractivity contribution is 6.37. The van der Waals surface area contributed by atoms with Gasteiger partial charge in [-0.05, 0) is 124 Å². The van der Waals surface area contributed by atoms with Gasteiger partial charge in [0.15, 0.2) is 5.82 Å². The van der Waals surface area contributed by atoms with Gasteiger partial charge in [-0.2, -0.15) is 0 Å². The summed E-state index contributed by atoms with van der Waals surface area (Å²) < 4.78 is 2.36. The third kappa shape index (κ3) is 5.49. The predicted molar refractivity (Wildman–Crippen MR) is 274 cm³/mol. The van der Waals surface area contributed by atoms with Crippen LogP contribution in [0.15, 0.2) is 224 Å². The molecule has 14 aromatic rings. The standard InChI is InChI=1S/C62H37N3/c1-3-12-38(13-4-1)39-24-29-43(30-25-39)62-63-54(44-32-33-57-52(35-44)48-19-7-8-23-56(48)65(57)47-17-5-2-6-18-47)37-55(64-62)46-34-45-31-28-42-15-10-21-50-49-20-9-14-40-26-27-41-16-11-22-51(60(41)58(40)49)53(36-46)61(45)59(42)50/h1-37H. The Hall–Kier alpha value is -8.66. The van der Waals surface area contributed by atoms with Crippen LogP contribution in [0.3, 0.4) is 0 Å². The zero-order valence-corrected chi connectivity index (χ0v) is 35.2. The molecule has 0 aliphatic rings. The zero-order chi connectivity index (χ0) is 42.6. The number of hydrogen-bond donors (Lipinski definition) is 0. The normalized spacial score (nSPS) is 12.0. The van der Waals surface area contributed by atoms with Crippen molar-refractivity contribution in [3.63, 3.8) is 0 Å². The first-order chi connectivity index (χ1) is 32.2. The van der Waals surface area contributed by atoms with Crippen molar-refractivity contribution in [1.29, 1.82) is 0 Å². The SMILES string of the molecule is c1ccc(-c2ccc(-c3nc(-c4cc5ccc6cccc7c8cccc9ccc%10cccc(c(c4)c5c67)c%10c98)cc(-c4ccc5c(c4)c4ccccc4n5-c4ccccc4)n3)cc2)cc1. The lowest BCUT2D eigenvalue weighted by Gasteiger charge is -2.17. The molecule has 300 valence electrons. The third-order valence-corrected chi connectivity index (χ3v) is 13.7. The third-order valence-electron chi connectivity index (χ3n) is 13.7. The van der Waals surface area contributed by atoms with Gasteiger partial charge in [0.1, 0.15) is 0 Å². The van der Waals surface area contributed by atoms with Gasteiger partial charge in [0.2, 0.25) is 0 Å². The summed E-state index contributed by atoms with van der Waals surface area (Å²) in [6.07, 6.45) is 0. The summed E-state index contributed by atoms with van der Waals surface area (Å²) in [5.74, 6) is 0.688. The number of fused-ring (bicyclic) bond motifs is 5. The molecule has 2 heterocycles. The molecule has 0 radical (unpaired) electrons. The molecule has 0 atom stereocenters. The number of aromatic nitrogens is 3. The molecule has 0 bridgehead atoms. The van der Waals surface area contributed by atoms with Crippen LogP contribution in [0.5, 0.6) is 0 Å². The summed E-state index contributed by atoms with van der Waals surface area (Å²) in [7, 11) is 0. The number of benzene rings is 11. The van der Waals surface area contributed by atoms with E-state index in [1.807, 2.05) is 0 Å². The molecule has 65 heavy (non-hydrogen) atoms. The molecule has 0 N–H and O–H groups in total.